The van der Waals surface area contributed by atoms with Gasteiger partial charge in [-0.05, 0) is 43.2 Å². The lowest BCUT2D eigenvalue weighted by Gasteiger charge is -2.28. The van der Waals surface area contributed by atoms with E-state index in [0.717, 1.165) is 18.7 Å². The van der Waals surface area contributed by atoms with Gasteiger partial charge in [0.15, 0.2) is 0 Å². The van der Waals surface area contributed by atoms with Crippen molar-refractivity contribution < 1.29 is 0 Å². The van der Waals surface area contributed by atoms with Gasteiger partial charge in [0.2, 0.25) is 0 Å². The van der Waals surface area contributed by atoms with Crippen LogP contribution >= 0.6 is 22.9 Å². The van der Waals surface area contributed by atoms with Crippen LogP contribution in [0.3, 0.4) is 0 Å². The molecule has 0 atom stereocenters. The number of thiophene rings is 1. The second-order valence-electron chi connectivity index (χ2n) is 4.24. The number of rotatable bonds is 6. The van der Waals surface area contributed by atoms with Crippen LogP contribution in [0.5, 0.6) is 0 Å². The molecule has 15 heavy (non-hydrogen) atoms. The van der Waals surface area contributed by atoms with Crippen LogP contribution in [0.25, 0.3) is 0 Å². The van der Waals surface area contributed by atoms with Crippen molar-refractivity contribution in [3.8, 4) is 0 Å². The van der Waals surface area contributed by atoms with Crippen molar-refractivity contribution in [2.75, 3.05) is 5.88 Å². The van der Waals surface area contributed by atoms with Gasteiger partial charge in [0, 0.05) is 15.6 Å². The van der Waals surface area contributed by atoms with Crippen molar-refractivity contribution >= 4 is 22.9 Å². The summed E-state index contributed by atoms with van der Waals surface area (Å²) in [4.78, 5) is 2.98. The Morgan fingerprint density at radius 1 is 1.13 bits per heavy atom. The Morgan fingerprint density at radius 3 is 2.13 bits per heavy atom. The first-order valence-electron chi connectivity index (χ1n) is 5.83. The molecule has 86 valence electrons. The van der Waals surface area contributed by atoms with Gasteiger partial charge in [0.25, 0.3) is 0 Å². The van der Waals surface area contributed by atoms with E-state index in [4.69, 9.17) is 11.6 Å². The lowest BCUT2D eigenvalue weighted by Crippen LogP contribution is -2.23. The third-order valence-corrected chi connectivity index (χ3v) is 5.19. The zero-order chi connectivity index (χ0) is 11.3. The molecule has 0 saturated heterocycles. The van der Waals surface area contributed by atoms with E-state index in [-0.39, 0.29) is 0 Å². The van der Waals surface area contributed by atoms with Crippen molar-refractivity contribution in [1.29, 1.82) is 0 Å². The van der Waals surface area contributed by atoms with Crippen molar-refractivity contribution in [3.63, 3.8) is 0 Å². The van der Waals surface area contributed by atoms with Crippen molar-refractivity contribution in [2.45, 2.75) is 46.5 Å². The second-order valence-corrected chi connectivity index (χ2v) is 5.76. The number of hydrogen-bond donors (Lipinski definition) is 0. The molecule has 1 heterocycles. The number of alkyl halides is 1. The lowest BCUT2D eigenvalue weighted by molar-refractivity contribution is 0.304. The Bertz CT molecular complexity index is 278. The van der Waals surface area contributed by atoms with Crippen LogP contribution in [-0.4, -0.2) is 5.88 Å². The van der Waals surface area contributed by atoms with Crippen LogP contribution in [0.15, 0.2) is 12.1 Å². The Morgan fingerprint density at radius 2 is 1.73 bits per heavy atom. The molecule has 2 heteroatoms. The standard InChI is InChI=1S/C13H21ClS/c1-4-11-7-8-12(15-11)9-13(5-2,6-3)10-14/h7-8H,4-6,9-10H2,1-3H3. The highest BCUT2D eigenvalue weighted by molar-refractivity contribution is 7.11. The highest BCUT2D eigenvalue weighted by Gasteiger charge is 2.25. The topological polar surface area (TPSA) is 0 Å². The Kier molecular flexibility index (Phi) is 5.14. The number of hydrogen-bond acceptors (Lipinski definition) is 1. The smallest absolute Gasteiger partial charge is 0.0283 e. The summed E-state index contributed by atoms with van der Waals surface area (Å²) >= 11 is 8.07. The van der Waals surface area contributed by atoms with Gasteiger partial charge in [-0.3, -0.25) is 0 Å². The molecule has 0 radical (unpaired) electrons. The molecule has 0 unspecified atom stereocenters. The third-order valence-electron chi connectivity index (χ3n) is 3.40. The summed E-state index contributed by atoms with van der Waals surface area (Å²) in [7, 11) is 0. The van der Waals surface area contributed by atoms with Gasteiger partial charge in [-0.15, -0.1) is 22.9 Å². The maximum absolute atomic E-state index is 6.12. The fraction of sp³-hybridized carbons (Fsp3) is 0.692. The van der Waals surface area contributed by atoms with Gasteiger partial charge in [-0.1, -0.05) is 20.8 Å². The maximum atomic E-state index is 6.12. The molecule has 1 rings (SSSR count). The summed E-state index contributed by atoms with van der Waals surface area (Å²) in [5.41, 5.74) is 0.317. The second kappa shape index (κ2) is 5.91. The summed E-state index contributed by atoms with van der Waals surface area (Å²) in [6.45, 7) is 6.71. The zero-order valence-electron chi connectivity index (χ0n) is 9.98. The third kappa shape index (κ3) is 3.22. The first-order chi connectivity index (χ1) is 7.19. The largest absolute Gasteiger partial charge is 0.145 e. The molecular weight excluding hydrogens is 224 g/mol. The molecule has 0 fully saturated rings. The minimum absolute atomic E-state index is 0.317. The number of aryl methyl sites for hydroxylation is 1. The molecule has 0 N–H and O–H groups in total. The molecule has 0 bridgehead atoms. The van der Waals surface area contributed by atoms with Crippen LogP contribution in [0.1, 0.15) is 43.4 Å². The summed E-state index contributed by atoms with van der Waals surface area (Å²) < 4.78 is 0. The van der Waals surface area contributed by atoms with Gasteiger partial charge in [-0.2, -0.15) is 0 Å². The first kappa shape index (κ1) is 13.1. The molecule has 1 aromatic rings. The van der Waals surface area contributed by atoms with Crippen molar-refractivity contribution in [1.82, 2.24) is 0 Å². The minimum atomic E-state index is 0.317. The fourth-order valence-electron chi connectivity index (χ4n) is 1.81. The van der Waals surface area contributed by atoms with Gasteiger partial charge in [0.05, 0.1) is 0 Å². The van der Waals surface area contributed by atoms with E-state index in [0.29, 0.717) is 5.41 Å². The molecular formula is C13H21ClS. The van der Waals surface area contributed by atoms with E-state index >= 15 is 0 Å². The van der Waals surface area contributed by atoms with Crippen LogP contribution in [-0.2, 0) is 12.8 Å². The average Bonchev–Trinajstić information content (AvgIpc) is 2.73. The molecule has 0 amide bonds. The molecule has 0 nitrogen and oxygen atoms in total. The Balaban J connectivity index is 2.73. The van der Waals surface area contributed by atoms with Crippen molar-refractivity contribution in [3.05, 3.63) is 21.9 Å². The fourth-order valence-corrected chi connectivity index (χ4v) is 3.42. The molecule has 0 aliphatic rings. The Hall–Kier alpha value is -0.0100. The Labute approximate surface area is 103 Å². The van der Waals surface area contributed by atoms with Gasteiger partial charge >= 0.3 is 0 Å². The normalized spacial score (nSPS) is 12.0. The SMILES string of the molecule is CCc1ccc(CC(CC)(CC)CCl)s1. The molecule has 0 spiro atoms. The molecule has 0 saturated carbocycles. The predicted molar refractivity (Wildman–Crippen MR) is 71.1 cm³/mol. The van der Waals surface area contributed by atoms with Crippen LogP contribution < -0.4 is 0 Å². The summed E-state index contributed by atoms with van der Waals surface area (Å²) in [5, 5.41) is 0. The van der Waals surface area contributed by atoms with E-state index in [9.17, 15) is 0 Å². The summed E-state index contributed by atoms with van der Waals surface area (Å²) in [5.74, 6) is 0.777. The van der Waals surface area contributed by atoms with Crippen LogP contribution in [0.2, 0.25) is 0 Å². The van der Waals surface area contributed by atoms with E-state index in [1.54, 1.807) is 0 Å². The molecule has 1 aromatic heterocycles. The van der Waals surface area contributed by atoms with Crippen molar-refractivity contribution in [2.24, 2.45) is 5.41 Å². The summed E-state index contributed by atoms with van der Waals surface area (Å²) in [6, 6.07) is 4.53. The maximum Gasteiger partial charge on any atom is 0.0283 e. The van der Waals surface area contributed by atoms with Crippen LogP contribution in [0, 0.1) is 5.41 Å². The summed E-state index contributed by atoms with van der Waals surface area (Å²) in [6.07, 6.45) is 4.64. The minimum Gasteiger partial charge on any atom is -0.145 e. The average molecular weight is 245 g/mol. The monoisotopic (exact) mass is 244 g/mol. The van der Waals surface area contributed by atoms with Crippen LogP contribution in [0.4, 0.5) is 0 Å². The first-order valence-corrected chi connectivity index (χ1v) is 7.18. The van der Waals surface area contributed by atoms with E-state index < -0.39 is 0 Å². The van der Waals surface area contributed by atoms with E-state index in [1.165, 1.54) is 22.6 Å². The highest BCUT2D eigenvalue weighted by Crippen LogP contribution is 2.34. The molecule has 0 aliphatic carbocycles. The predicted octanol–water partition coefficient (Wildman–Crippen LogP) is 4.90. The quantitative estimate of drug-likeness (QED) is 0.625. The van der Waals surface area contributed by atoms with E-state index in [2.05, 4.69) is 32.9 Å². The van der Waals surface area contributed by atoms with E-state index in [1.807, 2.05) is 11.3 Å². The van der Waals surface area contributed by atoms with Gasteiger partial charge in [-0.25, -0.2) is 0 Å². The molecule has 0 aliphatic heterocycles. The van der Waals surface area contributed by atoms with Gasteiger partial charge < -0.3 is 0 Å². The number of halogens is 1. The zero-order valence-corrected chi connectivity index (χ0v) is 11.5. The molecule has 0 aromatic carbocycles. The lowest BCUT2D eigenvalue weighted by atomic mass is 9.81. The highest BCUT2D eigenvalue weighted by atomic mass is 35.5. The van der Waals surface area contributed by atoms with Gasteiger partial charge in [0.1, 0.15) is 0 Å².